The van der Waals surface area contributed by atoms with Gasteiger partial charge in [0.2, 0.25) is 15.9 Å². The summed E-state index contributed by atoms with van der Waals surface area (Å²) >= 11 is 0.886. The zero-order chi connectivity index (χ0) is 25.1. The minimum absolute atomic E-state index is 0.0355. The molecule has 0 saturated carbocycles. The van der Waals surface area contributed by atoms with E-state index in [1.54, 1.807) is 20.2 Å². The van der Waals surface area contributed by atoms with Gasteiger partial charge in [0.15, 0.2) is 9.34 Å². The molecule has 0 bridgehead atoms. The van der Waals surface area contributed by atoms with Crippen LogP contribution in [0.3, 0.4) is 0 Å². The molecule has 0 atom stereocenters. The molecule has 34 heavy (non-hydrogen) atoms. The molecule has 1 aromatic heterocycles. The van der Waals surface area contributed by atoms with Gasteiger partial charge in [-0.15, -0.1) is 0 Å². The summed E-state index contributed by atoms with van der Waals surface area (Å²) in [4.78, 5) is 18.3. The number of carbonyl (C=O) groups is 1. The van der Waals surface area contributed by atoms with Gasteiger partial charge in [0, 0.05) is 7.05 Å². The van der Waals surface area contributed by atoms with Crippen LogP contribution < -0.4 is 14.8 Å². The number of nitrogens with two attached hydrogens (primary N) is 1. The van der Waals surface area contributed by atoms with Crippen molar-refractivity contribution in [3.05, 3.63) is 72.1 Å². The number of carbonyl (C=O) groups excluding carboxylic acids is 1. The summed E-state index contributed by atoms with van der Waals surface area (Å²) in [5.74, 6) is 0.542. The van der Waals surface area contributed by atoms with E-state index < -0.39 is 10.0 Å². The Bertz CT molecular complexity index is 1300. The van der Waals surface area contributed by atoms with Crippen LogP contribution in [0.5, 0.6) is 5.75 Å². The zero-order valence-corrected chi connectivity index (χ0v) is 21.5. The maximum absolute atomic E-state index is 12.7. The third kappa shape index (κ3) is 6.75. The molecule has 0 aliphatic heterocycles. The first kappa shape index (κ1) is 25.6. The molecule has 0 saturated heterocycles. The fourth-order valence-electron chi connectivity index (χ4n) is 3.06. The normalized spacial score (nSPS) is 12.2. The minimum atomic E-state index is -3.87. The lowest BCUT2D eigenvalue weighted by molar-refractivity contribution is -0.117. The Hall–Kier alpha value is -3.01. The molecule has 0 unspecified atom stereocenters. The van der Waals surface area contributed by atoms with E-state index in [1.807, 2.05) is 54.6 Å². The van der Waals surface area contributed by atoms with Crippen LogP contribution >= 0.6 is 11.3 Å². The summed E-state index contributed by atoms with van der Waals surface area (Å²) in [5, 5.41) is 5.50. The summed E-state index contributed by atoms with van der Waals surface area (Å²) in [7, 11) is -2.30. The molecule has 0 radical (unpaired) electrons. The molecule has 9 heteroatoms. The Morgan fingerprint density at radius 1 is 1.15 bits per heavy atom. The summed E-state index contributed by atoms with van der Waals surface area (Å²) in [5.41, 5.74) is 3.17. The standard InChI is InChI=1S/C25H29N3O4S2/c1-17-23(34(26,30)31)33-24(27-17)28(5)22(29)15-18-9-11-19(12-10-18)20-7-6-8-21(16-20)32-14-13-25(2,3)4/h6-14,16H,15H2,1-5H3,(H2,26,30,31)/b14-13+. The van der Waals surface area contributed by atoms with Gasteiger partial charge in [-0.3, -0.25) is 9.69 Å². The van der Waals surface area contributed by atoms with E-state index in [2.05, 4.69) is 25.8 Å². The number of anilines is 1. The van der Waals surface area contributed by atoms with Crippen LogP contribution in [0.4, 0.5) is 5.13 Å². The van der Waals surface area contributed by atoms with Gasteiger partial charge in [0.05, 0.1) is 18.4 Å². The monoisotopic (exact) mass is 499 g/mol. The molecule has 0 aliphatic rings. The van der Waals surface area contributed by atoms with Crippen molar-refractivity contribution in [1.82, 2.24) is 4.98 Å². The Morgan fingerprint density at radius 2 is 1.82 bits per heavy atom. The topological polar surface area (TPSA) is 103 Å². The predicted octanol–water partition coefficient (Wildman–Crippen LogP) is 4.91. The summed E-state index contributed by atoms with van der Waals surface area (Å²) in [6, 6.07) is 15.5. The van der Waals surface area contributed by atoms with Gasteiger partial charge in [-0.25, -0.2) is 18.5 Å². The number of hydrogen-bond acceptors (Lipinski definition) is 6. The number of rotatable bonds is 7. The van der Waals surface area contributed by atoms with Gasteiger partial charge in [0.1, 0.15) is 5.75 Å². The number of hydrogen-bond donors (Lipinski definition) is 1. The summed E-state index contributed by atoms with van der Waals surface area (Å²) < 4.78 is 29.0. The van der Waals surface area contributed by atoms with Crippen LogP contribution in [0.2, 0.25) is 0 Å². The lowest BCUT2D eigenvalue weighted by Gasteiger charge is -2.14. The molecule has 0 aliphatic carbocycles. The molecule has 1 amide bonds. The van der Waals surface area contributed by atoms with Crippen LogP contribution in [-0.2, 0) is 21.2 Å². The average molecular weight is 500 g/mol. The quantitative estimate of drug-likeness (QED) is 0.465. The highest BCUT2D eigenvalue weighted by Crippen LogP contribution is 2.29. The second kappa shape index (κ2) is 10.1. The van der Waals surface area contributed by atoms with Gasteiger partial charge >= 0.3 is 0 Å². The first-order chi connectivity index (χ1) is 15.8. The van der Waals surface area contributed by atoms with Crippen LogP contribution in [0, 0.1) is 12.3 Å². The highest BCUT2D eigenvalue weighted by atomic mass is 32.2. The Labute approximate surface area is 205 Å². The van der Waals surface area contributed by atoms with E-state index in [0.717, 1.165) is 33.8 Å². The second-order valence-corrected chi connectivity index (χ2v) is 11.8. The Kier molecular flexibility index (Phi) is 7.60. The van der Waals surface area contributed by atoms with Crippen LogP contribution in [0.15, 0.2) is 65.1 Å². The second-order valence-electron chi connectivity index (χ2n) is 9.06. The van der Waals surface area contributed by atoms with Crippen molar-refractivity contribution < 1.29 is 17.9 Å². The number of nitrogens with zero attached hydrogens (tertiary/aromatic N) is 2. The van der Waals surface area contributed by atoms with Crippen molar-refractivity contribution in [3.8, 4) is 16.9 Å². The lowest BCUT2D eigenvalue weighted by Crippen LogP contribution is -2.27. The average Bonchev–Trinajstić information content (AvgIpc) is 3.15. The number of likely N-dealkylation sites (N-methyl/N-ethyl adjacent to an activating group) is 1. The molecular formula is C25H29N3O4S2. The number of ether oxygens (including phenoxy) is 1. The largest absolute Gasteiger partial charge is 0.465 e. The highest BCUT2D eigenvalue weighted by Gasteiger charge is 2.22. The Morgan fingerprint density at radius 3 is 2.41 bits per heavy atom. The molecule has 180 valence electrons. The van der Waals surface area contributed by atoms with E-state index >= 15 is 0 Å². The first-order valence-corrected chi connectivity index (χ1v) is 13.0. The molecule has 0 spiro atoms. The summed E-state index contributed by atoms with van der Waals surface area (Å²) in [6.45, 7) is 7.87. The number of benzene rings is 2. The van der Waals surface area contributed by atoms with Gasteiger partial charge in [0.25, 0.3) is 0 Å². The van der Waals surface area contributed by atoms with E-state index in [0.29, 0.717) is 5.13 Å². The van der Waals surface area contributed by atoms with E-state index in [9.17, 15) is 13.2 Å². The van der Waals surface area contributed by atoms with Gasteiger partial charge in [-0.1, -0.05) is 68.5 Å². The SMILES string of the molecule is Cc1nc(N(C)C(=O)Cc2ccc(-c3cccc(O/C=C/C(C)(C)C)c3)cc2)sc1S(N)(=O)=O. The predicted molar refractivity (Wildman–Crippen MR) is 136 cm³/mol. The third-order valence-electron chi connectivity index (χ3n) is 4.91. The van der Waals surface area contributed by atoms with Gasteiger partial charge in [-0.05, 0) is 47.2 Å². The molecule has 3 rings (SSSR count). The van der Waals surface area contributed by atoms with Crippen molar-refractivity contribution in [3.63, 3.8) is 0 Å². The van der Waals surface area contributed by atoms with Gasteiger partial charge in [-0.2, -0.15) is 0 Å². The minimum Gasteiger partial charge on any atom is -0.465 e. The van der Waals surface area contributed by atoms with E-state index in [1.165, 1.54) is 4.90 Å². The third-order valence-corrected chi connectivity index (χ3v) is 7.70. The number of aromatic nitrogens is 1. The maximum Gasteiger partial charge on any atom is 0.249 e. The molecule has 1 heterocycles. The maximum atomic E-state index is 12.7. The molecule has 2 aromatic carbocycles. The molecule has 3 aromatic rings. The fourth-order valence-corrected chi connectivity index (χ4v) is 4.98. The first-order valence-electron chi connectivity index (χ1n) is 10.6. The molecule has 2 N–H and O–H groups in total. The van der Waals surface area contributed by atoms with Crippen molar-refractivity contribution in [1.29, 1.82) is 0 Å². The lowest BCUT2D eigenvalue weighted by atomic mass is 9.97. The van der Waals surface area contributed by atoms with Crippen LogP contribution in [0.1, 0.15) is 32.0 Å². The van der Waals surface area contributed by atoms with Crippen molar-refractivity contribution in [2.75, 3.05) is 11.9 Å². The fraction of sp³-hybridized carbons (Fsp3) is 0.280. The number of amides is 1. The molecular weight excluding hydrogens is 470 g/mol. The van der Waals surface area contributed by atoms with Crippen LogP contribution in [0.25, 0.3) is 11.1 Å². The van der Waals surface area contributed by atoms with Crippen LogP contribution in [-0.4, -0.2) is 26.4 Å². The Balaban J connectivity index is 1.69. The smallest absolute Gasteiger partial charge is 0.249 e. The number of aryl methyl sites for hydroxylation is 1. The van der Waals surface area contributed by atoms with E-state index in [-0.39, 0.29) is 27.6 Å². The molecule has 7 nitrogen and oxygen atoms in total. The molecule has 0 fully saturated rings. The van der Waals surface area contributed by atoms with Crippen molar-refractivity contribution >= 4 is 32.4 Å². The summed E-state index contributed by atoms with van der Waals surface area (Å²) in [6.07, 6.45) is 3.87. The van der Waals surface area contributed by atoms with E-state index in [4.69, 9.17) is 9.88 Å². The van der Waals surface area contributed by atoms with Gasteiger partial charge < -0.3 is 4.74 Å². The number of primary sulfonamides is 1. The van der Waals surface area contributed by atoms with Crippen molar-refractivity contribution in [2.45, 2.75) is 38.3 Å². The number of thiazole rings is 1. The highest BCUT2D eigenvalue weighted by molar-refractivity contribution is 7.91. The number of allylic oxidation sites excluding steroid dienone is 1. The zero-order valence-electron chi connectivity index (χ0n) is 19.9. The number of sulfonamides is 1. The van der Waals surface area contributed by atoms with Crippen molar-refractivity contribution in [2.24, 2.45) is 10.6 Å².